The molecule has 0 radical (unpaired) electrons. The molecule has 3 rings (SSSR count). The molecule has 1 aliphatic heterocycles. The van der Waals surface area contributed by atoms with Crippen LogP contribution in [0.1, 0.15) is 38.2 Å². The van der Waals surface area contributed by atoms with Crippen molar-refractivity contribution in [1.82, 2.24) is 10.2 Å². The molecular weight excluding hydrogens is 384 g/mol. The van der Waals surface area contributed by atoms with Crippen molar-refractivity contribution in [1.29, 1.82) is 0 Å². The van der Waals surface area contributed by atoms with Crippen LogP contribution in [0.25, 0.3) is 0 Å². The summed E-state index contributed by atoms with van der Waals surface area (Å²) in [6, 6.07) is 6.04. The number of ether oxygens (including phenoxy) is 1. The number of hydrogen-bond donors (Lipinski definition) is 1. The third kappa shape index (κ3) is 4.19. The van der Waals surface area contributed by atoms with E-state index in [-0.39, 0.29) is 30.2 Å². The van der Waals surface area contributed by atoms with E-state index >= 15 is 0 Å². The van der Waals surface area contributed by atoms with Gasteiger partial charge in [-0.1, -0.05) is 42.6 Å². The summed E-state index contributed by atoms with van der Waals surface area (Å²) in [4.78, 5) is 50.3. The SMILES string of the molecule is C[C@@H](C(=O)OCC(=O)NCc1ccccc1Cl)N1C(=O)[C@H]2CCCC[C@@H]2C1=O. The number of rotatable bonds is 6. The highest BCUT2D eigenvalue weighted by Gasteiger charge is 2.51. The zero-order chi connectivity index (χ0) is 20.3. The molecule has 0 spiro atoms. The van der Waals surface area contributed by atoms with Crippen molar-refractivity contribution in [2.24, 2.45) is 11.8 Å². The maximum absolute atomic E-state index is 12.5. The molecule has 1 heterocycles. The minimum Gasteiger partial charge on any atom is -0.454 e. The molecule has 1 N–H and O–H groups in total. The van der Waals surface area contributed by atoms with Gasteiger partial charge in [0.1, 0.15) is 6.04 Å². The summed E-state index contributed by atoms with van der Waals surface area (Å²) in [5.74, 6) is -2.52. The monoisotopic (exact) mass is 406 g/mol. The van der Waals surface area contributed by atoms with E-state index in [1.807, 2.05) is 0 Å². The Morgan fingerprint density at radius 1 is 1.18 bits per heavy atom. The molecule has 2 fully saturated rings. The zero-order valence-electron chi connectivity index (χ0n) is 15.7. The average Bonchev–Trinajstić information content (AvgIpc) is 2.95. The van der Waals surface area contributed by atoms with Crippen molar-refractivity contribution in [3.8, 4) is 0 Å². The van der Waals surface area contributed by atoms with Crippen molar-refractivity contribution in [3.63, 3.8) is 0 Å². The number of benzene rings is 1. The van der Waals surface area contributed by atoms with Crippen molar-refractivity contribution in [3.05, 3.63) is 34.9 Å². The van der Waals surface area contributed by atoms with Gasteiger partial charge in [0.05, 0.1) is 11.8 Å². The molecule has 28 heavy (non-hydrogen) atoms. The lowest BCUT2D eigenvalue weighted by atomic mass is 9.81. The fourth-order valence-corrected chi connectivity index (χ4v) is 4.02. The fourth-order valence-electron chi connectivity index (χ4n) is 3.82. The van der Waals surface area contributed by atoms with E-state index in [1.54, 1.807) is 24.3 Å². The van der Waals surface area contributed by atoms with Crippen molar-refractivity contribution in [2.45, 2.75) is 45.2 Å². The quantitative estimate of drug-likeness (QED) is 0.576. The number of esters is 1. The van der Waals surface area contributed by atoms with Crippen LogP contribution in [0.2, 0.25) is 5.02 Å². The number of nitrogens with one attached hydrogen (secondary N) is 1. The number of hydrogen-bond acceptors (Lipinski definition) is 5. The van der Waals surface area contributed by atoms with Gasteiger partial charge in [0.25, 0.3) is 5.91 Å². The van der Waals surface area contributed by atoms with Gasteiger partial charge in [0, 0.05) is 11.6 Å². The Morgan fingerprint density at radius 3 is 2.39 bits per heavy atom. The minimum atomic E-state index is -1.04. The van der Waals surface area contributed by atoms with E-state index in [0.717, 1.165) is 23.3 Å². The fraction of sp³-hybridized carbons (Fsp3) is 0.500. The molecule has 1 saturated heterocycles. The summed E-state index contributed by atoms with van der Waals surface area (Å²) in [6.45, 7) is 1.17. The Kier molecular flexibility index (Phi) is 6.34. The maximum atomic E-state index is 12.5. The molecule has 1 saturated carbocycles. The smallest absolute Gasteiger partial charge is 0.329 e. The summed E-state index contributed by atoms with van der Waals surface area (Å²) in [7, 11) is 0. The third-order valence-electron chi connectivity index (χ3n) is 5.38. The van der Waals surface area contributed by atoms with Crippen molar-refractivity contribution >= 4 is 35.3 Å². The van der Waals surface area contributed by atoms with Crippen LogP contribution in [-0.4, -0.2) is 41.2 Å². The van der Waals surface area contributed by atoms with Crippen LogP contribution in [0.4, 0.5) is 0 Å². The molecule has 0 aromatic heterocycles. The molecule has 7 nitrogen and oxygen atoms in total. The summed E-state index contributed by atoms with van der Waals surface area (Å²) in [5, 5.41) is 3.14. The topological polar surface area (TPSA) is 92.8 Å². The Labute approximate surface area is 168 Å². The molecule has 0 unspecified atom stereocenters. The number of nitrogens with zero attached hydrogens (tertiary/aromatic N) is 1. The molecule has 3 amide bonds. The van der Waals surface area contributed by atoms with Gasteiger partial charge >= 0.3 is 5.97 Å². The first-order valence-corrected chi connectivity index (χ1v) is 9.81. The van der Waals surface area contributed by atoms with E-state index in [9.17, 15) is 19.2 Å². The molecule has 8 heteroatoms. The highest BCUT2D eigenvalue weighted by atomic mass is 35.5. The summed E-state index contributed by atoms with van der Waals surface area (Å²) >= 11 is 6.02. The normalized spacial score (nSPS) is 22.6. The molecule has 1 aromatic carbocycles. The van der Waals surface area contributed by atoms with Crippen LogP contribution in [0.3, 0.4) is 0 Å². The first-order chi connectivity index (χ1) is 13.4. The zero-order valence-corrected chi connectivity index (χ0v) is 16.4. The van der Waals surface area contributed by atoms with E-state index < -0.39 is 24.5 Å². The van der Waals surface area contributed by atoms with Crippen molar-refractivity contribution in [2.75, 3.05) is 6.61 Å². The summed E-state index contributed by atoms with van der Waals surface area (Å²) < 4.78 is 5.02. The molecule has 2 aliphatic rings. The highest BCUT2D eigenvalue weighted by molar-refractivity contribution is 6.31. The first kappa shape index (κ1) is 20.3. The van der Waals surface area contributed by atoms with Crippen LogP contribution < -0.4 is 5.32 Å². The minimum absolute atomic E-state index is 0.206. The van der Waals surface area contributed by atoms with Gasteiger partial charge in [-0.15, -0.1) is 0 Å². The Hall–Kier alpha value is -2.41. The Balaban J connectivity index is 1.50. The third-order valence-corrected chi connectivity index (χ3v) is 5.75. The van der Waals surface area contributed by atoms with Gasteiger partial charge in [-0.3, -0.25) is 19.3 Å². The van der Waals surface area contributed by atoms with Gasteiger partial charge in [-0.05, 0) is 31.4 Å². The molecule has 150 valence electrons. The first-order valence-electron chi connectivity index (χ1n) is 9.43. The van der Waals surface area contributed by atoms with Gasteiger partial charge in [0.2, 0.25) is 11.8 Å². The second-order valence-corrected chi connectivity index (χ2v) is 7.60. The van der Waals surface area contributed by atoms with E-state index in [1.165, 1.54) is 6.92 Å². The van der Waals surface area contributed by atoms with E-state index in [2.05, 4.69) is 5.32 Å². The lowest BCUT2D eigenvalue weighted by molar-refractivity contribution is -0.159. The van der Waals surface area contributed by atoms with Crippen LogP contribution >= 0.6 is 11.6 Å². The Morgan fingerprint density at radius 2 is 1.79 bits per heavy atom. The van der Waals surface area contributed by atoms with Crippen LogP contribution in [0, 0.1) is 11.8 Å². The maximum Gasteiger partial charge on any atom is 0.329 e. The van der Waals surface area contributed by atoms with E-state index in [4.69, 9.17) is 16.3 Å². The van der Waals surface area contributed by atoms with Gasteiger partial charge in [0.15, 0.2) is 6.61 Å². The summed E-state index contributed by atoms with van der Waals surface area (Å²) in [5.41, 5.74) is 0.744. The standard InChI is InChI=1S/C20H23ClN2O5/c1-12(23-18(25)14-7-3-4-8-15(14)19(23)26)20(27)28-11-17(24)22-10-13-6-2-5-9-16(13)21/h2,5-6,9,12,14-15H,3-4,7-8,10-11H2,1H3,(H,22,24)/t12-,14-,15-/m0/s1. The molecule has 3 atom stereocenters. The number of imide groups is 1. The average molecular weight is 407 g/mol. The van der Waals surface area contributed by atoms with Crippen LogP contribution in [0.15, 0.2) is 24.3 Å². The van der Waals surface area contributed by atoms with Crippen molar-refractivity contribution < 1.29 is 23.9 Å². The van der Waals surface area contributed by atoms with E-state index in [0.29, 0.717) is 17.9 Å². The highest BCUT2D eigenvalue weighted by Crippen LogP contribution is 2.38. The lowest BCUT2D eigenvalue weighted by Crippen LogP contribution is -2.45. The predicted molar refractivity (Wildman–Crippen MR) is 101 cm³/mol. The molecule has 1 aliphatic carbocycles. The lowest BCUT2D eigenvalue weighted by Gasteiger charge is -2.21. The molecule has 0 bridgehead atoms. The number of carbonyl (C=O) groups excluding carboxylic acids is 4. The summed E-state index contributed by atoms with van der Waals surface area (Å²) in [6.07, 6.45) is 3.19. The van der Waals surface area contributed by atoms with Crippen LogP contribution in [-0.2, 0) is 30.5 Å². The predicted octanol–water partition coefficient (Wildman–Crippen LogP) is 2.06. The van der Waals surface area contributed by atoms with Gasteiger partial charge in [-0.25, -0.2) is 4.79 Å². The van der Waals surface area contributed by atoms with Gasteiger partial charge < -0.3 is 10.1 Å². The number of carbonyl (C=O) groups is 4. The second-order valence-electron chi connectivity index (χ2n) is 7.20. The second kappa shape index (κ2) is 8.73. The number of halogens is 1. The number of fused-ring (bicyclic) bond motifs is 1. The number of amides is 3. The number of likely N-dealkylation sites (tertiary alicyclic amines) is 1. The molecular formula is C20H23ClN2O5. The largest absolute Gasteiger partial charge is 0.454 e. The Bertz CT molecular complexity index is 773. The van der Waals surface area contributed by atoms with Crippen LogP contribution in [0.5, 0.6) is 0 Å². The van der Waals surface area contributed by atoms with Gasteiger partial charge in [-0.2, -0.15) is 0 Å². The molecule has 1 aromatic rings.